The summed E-state index contributed by atoms with van der Waals surface area (Å²) in [5.41, 5.74) is 0.432. The zero-order valence-electron chi connectivity index (χ0n) is 9.90. The van der Waals surface area contributed by atoms with Crippen LogP contribution in [-0.4, -0.2) is 53.9 Å². The highest BCUT2D eigenvalue weighted by Gasteiger charge is 2.19. The van der Waals surface area contributed by atoms with E-state index in [0.29, 0.717) is 10.8 Å². The molecule has 5 heteroatoms. The van der Waals surface area contributed by atoms with Crippen molar-refractivity contribution >= 4 is 17.5 Å². The first kappa shape index (κ1) is 12.3. The van der Waals surface area contributed by atoms with Gasteiger partial charge in [-0.25, -0.2) is 4.98 Å². The van der Waals surface area contributed by atoms with Gasteiger partial charge in [-0.15, -0.1) is 0 Å². The highest BCUT2D eigenvalue weighted by molar-refractivity contribution is 6.29. The number of carbonyl (C=O) groups excluding carboxylic acids is 1. The molecule has 2 rings (SSSR count). The SMILES string of the molecule is CN1CCCN(C(=O)c2cccc(Cl)n2)CC1. The predicted octanol–water partition coefficient (Wildman–Crippen LogP) is 1.51. The minimum absolute atomic E-state index is 0.0252. The fourth-order valence-corrected chi connectivity index (χ4v) is 2.10. The summed E-state index contributed by atoms with van der Waals surface area (Å²) in [6.45, 7) is 3.49. The maximum absolute atomic E-state index is 12.2. The molecule has 1 aliphatic heterocycles. The Balaban J connectivity index is 2.09. The van der Waals surface area contributed by atoms with Gasteiger partial charge >= 0.3 is 0 Å². The highest BCUT2D eigenvalue weighted by Crippen LogP contribution is 2.10. The van der Waals surface area contributed by atoms with Gasteiger partial charge < -0.3 is 9.80 Å². The van der Waals surface area contributed by atoms with Gasteiger partial charge in [0.1, 0.15) is 10.8 Å². The molecule has 4 nitrogen and oxygen atoms in total. The standard InChI is InChI=1S/C12H16ClN3O/c1-15-6-3-7-16(9-8-15)12(17)10-4-2-5-11(13)14-10/h2,4-5H,3,6-9H2,1H3. The summed E-state index contributed by atoms with van der Waals surface area (Å²) in [6.07, 6.45) is 1.00. The van der Waals surface area contributed by atoms with E-state index >= 15 is 0 Å². The summed E-state index contributed by atoms with van der Waals surface area (Å²) in [7, 11) is 2.08. The van der Waals surface area contributed by atoms with Crippen molar-refractivity contribution in [1.29, 1.82) is 0 Å². The molecule has 0 aliphatic carbocycles. The Morgan fingerprint density at radius 3 is 2.88 bits per heavy atom. The second-order valence-electron chi connectivity index (χ2n) is 4.29. The number of likely N-dealkylation sites (N-methyl/N-ethyl adjacent to an activating group) is 1. The number of hydrogen-bond donors (Lipinski definition) is 0. The third-order valence-electron chi connectivity index (χ3n) is 2.94. The Labute approximate surface area is 106 Å². The molecule has 17 heavy (non-hydrogen) atoms. The van der Waals surface area contributed by atoms with Crippen LogP contribution in [0, 0.1) is 0 Å². The average molecular weight is 254 g/mol. The number of halogens is 1. The van der Waals surface area contributed by atoms with Crippen LogP contribution in [0.5, 0.6) is 0 Å². The largest absolute Gasteiger partial charge is 0.336 e. The van der Waals surface area contributed by atoms with Crippen molar-refractivity contribution in [2.45, 2.75) is 6.42 Å². The van der Waals surface area contributed by atoms with E-state index in [2.05, 4.69) is 16.9 Å². The minimum Gasteiger partial charge on any atom is -0.336 e. The molecule has 0 spiro atoms. The zero-order valence-corrected chi connectivity index (χ0v) is 10.7. The molecule has 1 saturated heterocycles. The fraction of sp³-hybridized carbons (Fsp3) is 0.500. The van der Waals surface area contributed by atoms with E-state index in [1.165, 1.54) is 0 Å². The summed E-state index contributed by atoms with van der Waals surface area (Å²) >= 11 is 5.79. The molecule has 1 fully saturated rings. The summed E-state index contributed by atoms with van der Waals surface area (Å²) in [4.78, 5) is 20.3. The van der Waals surface area contributed by atoms with Crippen LogP contribution >= 0.6 is 11.6 Å². The van der Waals surface area contributed by atoms with Gasteiger partial charge in [0.15, 0.2) is 0 Å². The van der Waals surface area contributed by atoms with Crippen LogP contribution in [0.2, 0.25) is 5.15 Å². The first-order valence-corrected chi connectivity index (χ1v) is 6.15. The van der Waals surface area contributed by atoms with Crippen molar-refractivity contribution in [2.75, 3.05) is 33.2 Å². The second-order valence-corrected chi connectivity index (χ2v) is 4.68. The van der Waals surface area contributed by atoms with E-state index in [-0.39, 0.29) is 5.91 Å². The lowest BCUT2D eigenvalue weighted by Gasteiger charge is -2.20. The number of aromatic nitrogens is 1. The summed E-state index contributed by atoms with van der Waals surface area (Å²) in [6, 6.07) is 5.14. The van der Waals surface area contributed by atoms with E-state index < -0.39 is 0 Å². The fourth-order valence-electron chi connectivity index (χ4n) is 1.94. The van der Waals surface area contributed by atoms with Crippen molar-refractivity contribution < 1.29 is 4.79 Å². The Morgan fingerprint density at radius 1 is 1.29 bits per heavy atom. The molecule has 0 bridgehead atoms. The maximum Gasteiger partial charge on any atom is 0.272 e. The molecule has 0 aromatic carbocycles. The molecule has 92 valence electrons. The lowest BCUT2D eigenvalue weighted by molar-refractivity contribution is 0.0757. The molecule has 0 N–H and O–H groups in total. The van der Waals surface area contributed by atoms with Gasteiger partial charge in [-0.3, -0.25) is 4.79 Å². The molecule has 0 saturated carbocycles. The van der Waals surface area contributed by atoms with Crippen molar-refractivity contribution in [3.05, 3.63) is 29.0 Å². The van der Waals surface area contributed by atoms with Gasteiger partial charge in [0.05, 0.1) is 0 Å². The highest BCUT2D eigenvalue weighted by atomic mass is 35.5. The molecule has 2 heterocycles. The van der Waals surface area contributed by atoms with Crippen LogP contribution in [-0.2, 0) is 0 Å². The van der Waals surface area contributed by atoms with E-state index in [1.807, 2.05) is 4.90 Å². The number of carbonyl (C=O) groups is 1. The molecular formula is C12H16ClN3O. The molecule has 1 aromatic rings. The van der Waals surface area contributed by atoms with Gasteiger partial charge in [0.2, 0.25) is 0 Å². The van der Waals surface area contributed by atoms with E-state index in [0.717, 1.165) is 32.6 Å². The quantitative estimate of drug-likeness (QED) is 0.712. The minimum atomic E-state index is -0.0252. The summed E-state index contributed by atoms with van der Waals surface area (Å²) in [5, 5.41) is 0.364. The van der Waals surface area contributed by atoms with Crippen LogP contribution in [0.15, 0.2) is 18.2 Å². The third-order valence-corrected chi connectivity index (χ3v) is 3.15. The molecule has 1 amide bonds. The van der Waals surface area contributed by atoms with Crippen molar-refractivity contribution in [2.24, 2.45) is 0 Å². The van der Waals surface area contributed by atoms with Gasteiger partial charge in [0, 0.05) is 19.6 Å². The maximum atomic E-state index is 12.2. The first-order valence-electron chi connectivity index (χ1n) is 5.77. The lowest BCUT2D eigenvalue weighted by atomic mass is 10.3. The van der Waals surface area contributed by atoms with Crippen LogP contribution in [0.25, 0.3) is 0 Å². The van der Waals surface area contributed by atoms with Gasteiger partial charge in [-0.2, -0.15) is 0 Å². The average Bonchev–Trinajstić information content (AvgIpc) is 2.53. The number of amides is 1. The normalized spacial score (nSPS) is 17.9. The Bertz CT molecular complexity index is 410. The molecular weight excluding hydrogens is 238 g/mol. The number of nitrogens with zero attached hydrogens (tertiary/aromatic N) is 3. The number of hydrogen-bond acceptors (Lipinski definition) is 3. The predicted molar refractivity (Wildman–Crippen MR) is 67.3 cm³/mol. The smallest absolute Gasteiger partial charge is 0.272 e. The Kier molecular flexibility index (Phi) is 3.97. The molecule has 0 radical (unpaired) electrons. The monoisotopic (exact) mass is 253 g/mol. The number of rotatable bonds is 1. The molecule has 0 atom stereocenters. The third kappa shape index (κ3) is 3.17. The molecule has 1 aliphatic rings. The van der Waals surface area contributed by atoms with Crippen molar-refractivity contribution in [3.63, 3.8) is 0 Å². The van der Waals surface area contributed by atoms with E-state index in [9.17, 15) is 4.79 Å². The summed E-state index contributed by atoms with van der Waals surface area (Å²) in [5.74, 6) is -0.0252. The van der Waals surface area contributed by atoms with Crippen LogP contribution in [0.1, 0.15) is 16.9 Å². The molecule has 0 unspecified atom stereocenters. The number of pyridine rings is 1. The summed E-state index contributed by atoms with van der Waals surface area (Å²) < 4.78 is 0. The lowest BCUT2D eigenvalue weighted by Crippen LogP contribution is -2.34. The van der Waals surface area contributed by atoms with Gasteiger partial charge in [0.25, 0.3) is 5.91 Å². The van der Waals surface area contributed by atoms with Crippen molar-refractivity contribution in [1.82, 2.24) is 14.8 Å². The zero-order chi connectivity index (χ0) is 12.3. The van der Waals surface area contributed by atoms with E-state index in [1.54, 1.807) is 18.2 Å². The first-order chi connectivity index (χ1) is 8.16. The van der Waals surface area contributed by atoms with Gasteiger partial charge in [-0.05, 0) is 32.1 Å². The van der Waals surface area contributed by atoms with Crippen LogP contribution in [0.3, 0.4) is 0 Å². The van der Waals surface area contributed by atoms with Crippen LogP contribution in [0.4, 0.5) is 0 Å². The Hall–Kier alpha value is -1.13. The topological polar surface area (TPSA) is 36.4 Å². The van der Waals surface area contributed by atoms with Crippen molar-refractivity contribution in [3.8, 4) is 0 Å². The van der Waals surface area contributed by atoms with Gasteiger partial charge in [-0.1, -0.05) is 17.7 Å². The second kappa shape index (κ2) is 5.47. The Morgan fingerprint density at radius 2 is 2.12 bits per heavy atom. The van der Waals surface area contributed by atoms with Crippen LogP contribution < -0.4 is 0 Å². The van der Waals surface area contributed by atoms with E-state index in [4.69, 9.17) is 11.6 Å². The molecule has 1 aromatic heterocycles.